The summed E-state index contributed by atoms with van der Waals surface area (Å²) in [6, 6.07) is 5.17. The zero-order valence-corrected chi connectivity index (χ0v) is 17.7. The van der Waals surface area contributed by atoms with Crippen LogP contribution in [-0.4, -0.2) is 22.6 Å². The summed E-state index contributed by atoms with van der Waals surface area (Å²) in [5.41, 5.74) is 5.11. The van der Waals surface area contributed by atoms with Gasteiger partial charge in [-0.25, -0.2) is 4.39 Å². The van der Waals surface area contributed by atoms with E-state index in [2.05, 4.69) is 62.4 Å². The molecule has 2 aromatic rings. The number of allylic oxidation sites excluding steroid dienone is 4. The summed E-state index contributed by atoms with van der Waals surface area (Å²) in [5, 5.41) is 1.04. The van der Waals surface area contributed by atoms with Crippen molar-refractivity contribution in [3.05, 3.63) is 59.1 Å². The summed E-state index contributed by atoms with van der Waals surface area (Å²) < 4.78 is 16.1. The van der Waals surface area contributed by atoms with E-state index < -0.39 is 0 Å². The second-order valence-electron chi connectivity index (χ2n) is 7.71. The topological polar surface area (TPSA) is 8.17 Å². The van der Waals surface area contributed by atoms with E-state index in [1.165, 1.54) is 16.7 Å². The molecular formula is C24H35FN2. The molecule has 0 N–H and O–H groups in total. The van der Waals surface area contributed by atoms with Crippen LogP contribution >= 0.6 is 0 Å². The highest BCUT2D eigenvalue weighted by Crippen LogP contribution is 2.24. The van der Waals surface area contributed by atoms with Crippen molar-refractivity contribution < 1.29 is 4.39 Å². The fourth-order valence-corrected chi connectivity index (χ4v) is 3.47. The van der Waals surface area contributed by atoms with E-state index in [-0.39, 0.29) is 5.82 Å². The number of aromatic nitrogens is 1. The summed E-state index contributed by atoms with van der Waals surface area (Å²) in [7, 11) is 0. The van der Waals surface area contributed by atoms with Crippen LogP contribution in [0.3, 0.4) is 0 Å². The fourth-order valence-electron chi connectivity index (χ4n) is 3.47. The summed E-state index contributed by atoms with van der Waals surface area (Å²) >= 11 is 0. The number of benzene rings is 1. The third-order valence-electron chi connectivity index (χ3n) is 5.03. The van der Waals surface area contributed by atoms with Crippen LogP contribution in [0, 0.1) is 5.82 Å². The Bertz CT molecular complexity index is 794. The molecule has 0 bridgehead atoms. The van der Waals surface area contributed by atoms with Crippen LogP contribution in [0.1, 0.15) is 59.4 Å². The summed E-state index contributed by atoms with van der Waals surface area (Å²) in [5.74, 6) is -0.159. The zero-order valence-electron chi connectivity index (χ0n) is 17.7. The second-order valence-corrected chi connectivity index (χ2v) is 7.71. The van der Waals surface area contributed by atoms with Crippen molar-refractivity contribution in [1.29, 1.82) is 0 Å². The van der Waals surface area contributed by atoms with Crippen molar-refractivity contribution in [2.45, 2.75) is 67.0 Å². The molecule has 2 rings (SSSR count). The maximum Gasteiger partial charge on any atom is 0.123 e. The number of fused-ring (bicyclic) bond motifs is 1. The predicted octanol–water partition coefficient (Wildman–Crippen LogP) is 6.71. The largest absolute Gasteiger partial charge is 0.343 e. The molecule has 27 heavy (non-hydrogen) atoms. The lowest BCUT2D eigenvalue weighted by Gasteiger charge is -2.18. The third-order valence-corrected chi connectivity index (χ3v) is 5.03. The molecule has 0 amide bonds. The molecule has 0 aliphatic heterocycles. The third kappa shape index (κ3) is 6.35. The fraction of sp³-hybridized carbons (Fsp3) is 0.500. The number of halogens is 1. The van der Waals surface area contributed by atoms with E-state index in [1.54, 1.807) is 12.1 Å². The van der Waals surface area contributed by atoms with E-state index in [1.807, 2.05) is 6.07 Å². The zero-order chi connectivity index (χ0) is 19.8. The monoisotopic (exact) mass is 370 g/mol. The predicted molar refractivity (Wildman–Crippen MR) is 116 cm³/mol. The van der Waals surface area contributed by atoms with Crippen molar-refractivity contribution in [2.75, 3.05) is 13.1 Å². The average Bonchev–Trinajstić information content (AvgIpc) is 2.96. The number of rotatable bonds is 10. The molecule has 0 aliphatic carbocycles. The van der Waals surface area contributed by atoms with E-state index in [0.29, 0.717) is 0 Å². The Morgan fingerprint density at radius 2 is 1.93 bits per heavy atom. The van der Waals surface area contributed by atoms with Gasteiger partial charge in [0.15, 0.2) is 0 Å². The Morgan fingerprint density at radius 3 is 2.59 bits per heavy atom. The van der Waals surface area contributed by atoms with E-state index >= 15 is 0 Å². The highest BCUT2D eigenvalue weighted by molar-refractivity contribution is 5.84. The molecular weight excluding hydrogens is 335 g/mol. The Labute approximate surface area is 164 Å². The summed E-state index contributed by atoms with van der Waals surface area (Å²) in [6.45, 7) is 14.7. The molecule has 0 unspecified atom stereocenters. The highest BCUT2D eigenvalue weighted by atomic mass is 19.1. The number of hydrogen-bond acceptors (Lipinski definition) is 1. The lowest BCUT2D eigenvalue weighted by Crippen LogP contribution is -2.23. The van der Waals surface area contributed by atoms with Gasteiger partial charge in [-0.15, -0.1) is 0 Å². The summed E-state index contributed by atoms with van der Waals surface area (Å²) in [6.07, 6.45) is 10.1. The van der Waals surface area contributed by atoms with E-state index in [0.717, 1.165) is 56.3 Å². The van der Waals surface area contributed by atoms with Gasteiger partial charge in [-0.3, -0.25) is 4.90 Å². The molecule has 1 heterocycles. The molecule has 0 aliphatic rings. The van der Waals surface area contributed by atoms with Gasteiger partial charge >= 0.3 is 0 Å². The first-order valence-electron chi connectivity index (χ1n) is 10.2. The van der Waals surface area contributed by atoms with Gasteiger partial charge in [0.1, 0.15) is 5.82 Å². The SMILES string of the molecule is CCCN(CC)Cc1cn(C/C=C(\C)CCC=C(C)C)c2ccc(F)cc12. The van der Waals surface area contributed by atoms with Gasteiger partial charge < -0.3 is 4.57 Å². The molecule has 2 nitrogen and oxygen atoms in total. The van der Waals surface area contributed by atoms with Gasteiger partial charge in [-0.1, -0.05) is 37.1 Å². The molecule has 0 saturated heterocycles. The van der Waals surface area contributed by atoms with Crippen LogP contribution in [0.4, 0.5) is 4.39 Å². The molecule has 0 saturated carbocycles. The first kappa shape index (κ1) is 21.4. The van der Waals surface area contributed by atoms with E-state index in [9.17, 15) is 4.39 Å². The molecule has 1 aromatic carbocycles. The van der Waals surface area contributed by atoms with Crippen molar-refractivity contribution in [3.63, 3.8) is 0 Å². The molecule has 148 valence electrons. The Morgan fingerprint density at radius 1 is 1.15 bits per heavy atom. The summed E-state index contributed by atoms with van der Waals surface area (Å²) in [4.78, 5) is 2.42. The van der Waals surface area contributed by atoms with Crippen LogP contribution in [0.15, 0.2) is 47.7 Å². The van der Waals surface area contributed by atoms with Crippen LogP contribution in [-0.2, 0) is 13.1 Å². The van der Waals surface area contributed by atoms with Gasteiger partial charge in [0, 0.05) is 30.2 Å². The highest BCUT2D eigenvalue weighted by Gasteiger charge is 2.12. The lowest BCUT2D eigenvalue weighted by molar-refractivity contribution is 0.281. The number of hydrogen-bond donors (Lipinski definition) is 0. The van der Waals surface area contributed by atoms with Crippen molar-refractivity contribution in [2.24, 2.45) is 0 Å². The lowest BCUT2D eigenvalue weighted by atomic mass is 10.1. The molecule has 1 aromatic heterocycles. The van der Waals surface area contributed by atoms with E-state index in [4.69, 9.17) is 0 Å². The minimum absolute atomic E-state index is 0.159. The van der Waals surface area contributed by atoms with Crippen molar-refractivity contribution >= 4 is 10.9 Å². The van der Waals surface area contributed by atoms with Crippen LogP contribution in [0.25, 0.3) is 10.9 Å². The van der Waals surface area contributed by atoms with Gasteiger partial charge in [0.25, 0.3) is 0 Å². The van der Waals surface area contributed by atoms with Gasteiger partial charge in [0.2, 0.25) is 0 Å². The smallest absolute Gasteiger partial charge is 0.123 e. The van der Waals surface area contributed by atoms with Crippen LogP contribution < -0.4 is 0 Å². The maximum atomic E-state index is 13.9. The Hall–Kier alpha value is -1.87. The molecule has 0 radical (unpaired) electrons. The van der Waals surface area contributed by atoms with Gasteiger partial charge in [0.05, 0.1) is 0 Å². The van der Waals surface area contributed by atoms with Crippen molar-refractivity contribution in [1.82, 2.24) is 9.47 Å². The minimum Gasteiger partial charge on any atom is -0.343 e. The quantitative estimate of drug-likeness (QED) is 0.422. The Kier molecular flexibility index (Phi) is 8.30. The average molecular weight is 371 g/mol. The minimum atomic E-state index is -0.159. The van der Waals surface area contributed by atoms with Crippen molar-refractivity contribution in [3.8, 4) is 0 Å². The standard InChI is InChI=1S/C24H35FN2/c1-6-14-26(7-2)17-21-18-27(24-12-11-22(25)16-23(21)24)15-13-20(5)10-8-9-19(3)4/h9,11-13,16,18H,6-8,10,14-15,17H2,1-5H3/b20-13+. The first-order chi connectivity index (χ1) is 12.9. The first-order valence-corrected chi connectivity index (χ1v) is 10.2. The maximum absolute atomic E-state index is 13.9. The molecule has 0 atom stereocenters. The van der Waals surface area contributed by atoms with Gasteiger partial charge in [-0.2, -0.15) is 0 Å². The van der Waals surface area contributed by atoms with Crippen LogP contribution in [0.2, 0.25) is 0 Å². The van der Waals surface area contributed by atoms with Crippen LogP contribution in [0.5, 0.6) is 0 Å². The van der Waals surface area contributed by atoms with Gasteiger partial charge in [-0.05, 0) is 76.9 Å². The molecule has 0 fully saturated rings. The molecule has 0 spiro atoms. The molecule has 3 heteroatoms. The number of nitrogens with zero attached hydrogens (tertiary/aromatic N) is 2. The Balaban J connectivity index is 2.22. The normalized spacial score (nSPS) is 12.2. The second kappa shape index (κ2) is 10.5.